The van der Waals surface area contributed by atoms with Gasteiger partial charge >= 0.3 is 12.1 Å². The fourth-order valence-corrected chi connectivity index (χ4v) is 3.51. The molecular formula is C24H17F3N2O4. The predicted molar refractivity (Wildman–Crippen MR) is 116 cm³/mol. The van der Waals surface area contributed by atoms with Crippen LogP contribution in [0.4, 0.5) is 18.9 Å². The highest BCUT2D eigenvalue weighted by atomic mass is 19.4. The van der Waals surface area contributed by atoms with Crippen LogP contribution >= 0.6 is 0 Å². The largest absolute Gasteiger partial charge is 0.478 e. The number of nitrogens with one attached hydrogen (secondary N) is 1. The average molecular weight is 454 g/mol. The van der Waals surface area contributed by atoms with Crippen molar-refractivity contribution in [3.05, 3.63) is 93.8 Å². The molecule has 0 aliphatic carbocycles. The van der Waals surface area contributed by atoms with E-state index in [4.69, 9.17) is 4.42 Å². The third-order valence-corrected chi connectivity index (χ3v) is 5.10. The number of anilines is 1. The zero-order valence-corrected chi connectivity index (χ0v) is 17.2. The van der Waals surface area contributed by atoms with Crippen LogP contribution in [0.3, 0.4) is 0 Å². The monoisotopic (exact) mass is 454 g/mol. The third-order valence-electron chi connectivity index (χ3n) is 5.10. The summed E-state index contributed by atoms with van der Waals surface area (Å²) in [5.74, 6) is -1.09. The normalized spacial score (nSPS) is 12.5. The van der Waals surface area contributed by atoms with Crippen LogP contribution < -0.4 is 10.7 Å². The Kier molecular flexibility index (Phi) is 5.63. The van der Waals surface area contributed by atoms with Crippen LogP contribution in [0.1, 0.15) is 34.5 Å². The molecule has 0 amide bonds. The van der Waals surface area contributed by atoms with Crippen LogP contribution in [0.25, 0.3) is 22.4 Å². The van der Waals surface area contributed by atoms with Crippen molar-refractivity contribution in [2.75, 3.05) is 5.32 Å². The highest BCUT2D eigenvalue weighted by Gasteiger charge is 2.33. The first-order valence-corrected chi connectivity index (χ1v) is 9.84. The molecule has 33 heavy (non-hydrogen) atoms. The highest BCUT2D eigenvalue weighted by Crippen LogP contribution is 2.36. The molecule has 2 aromatic heterocycles. The summed E-state index contributed by atoms with van der Waals surface area (Å²) in [6, 6.07) is 12.9. The molecule has 0 radical (unpaired) electrons. The molecule has 2 aromatic carbocycles. The minimum atomic E-state index is -4.70. The number of aromatic nitrogens is 1. The number of aromatic carboxylic acids is 1. The first-order valence-electron chi connectivity index (χ1n) is 9.84. The maximum Gasteiger partial charge on any atom is 0.416 e. The number of pyridine rings is 1. The Morgan fingerprint density at radius 2 is 1.82 bits per heavy atom. The Bertz CT molecular complexity index is 1400. The van der Waals surface area contributed by atoms with E-state index in [9.17, 15) is 27.9 Å². The van der Waals surface area contributed by atoms with E-state index in [-0.39, 0.29) is 33.5 Å². The Hall–Kier alpha value is -4.14. The molecule has 168 valence electrons. The standard InChI is InChI=1S/C24H17F3N2O4/c1-13(29-18-7-3-2-6-15(18)23(31)32)16-10-14(24(25,26)27)11-17-20(30)12-21(33-22(16)17)19-8-4-5-9-28-19/h2-13,29H,1H3,(H,31,32)/t13-/m1/s1. The van der Waals surface area contributed by atoms with Gasteiger partial charge in [-0.2, -0.15) is 13.2 Å². The van der Waals surface area contributed by atoms with Gasteiger partial charge in [0.05, 0.1) is 22.6 Å². The molecule has 0 fully saturated rings. The summed E-state index contributed by atoms with van der Waals surface area (Å²) in [5.41, 5.74) is -1.13. The number of para-hydroxylation sites is 1. The Morgan fingerprint density at radius 3 is 2.48 bits per heavy atom. The molecule has 0 unspecified atom stereocenters. The first kappa shape index (κ1) is 22.1. The second-order valence-corrected chi connectivity index (χ2v) is 7.35. The number of alkyl halides is 3. The van der Waals surface area contributed by atoms with Gasteiger partial charge in [-0.25, -0.2) is 4.79 Å². The van der Waals surface area contributed by atoms with Gasteiger partial charge < -0.3 is 14.8 Å². The minimum absolute atomic E-state index is 0.0380. The van der Waals surface area contributed by atoms with Crippen LogP contribution in [-0.4, -0.2) is 16.1 Å². The van der Waals surface area contributed by atoms with Crippen molar-refractivity contribution in [1.29, 1.82) is 0 Å². The average Bonchev–Trinajstić information content (AvgIpc) is 2.78. The molecule has 0 aliphatic heterocycles. The lowest BCUT2D eigenvalue weighted by Gasteiger charge is -2.20. The summed E-state index contributed by atoms with van der Waals surface area (Å²) >= 11 is 0. The molecule has 0 saturated carbocycles. The Morgan fingerprint density at radius 1 is 1.09 bits per heavy atom. The molecule has 9 heteroatoms. The molecular weight excluding hydrogens is 437 g/mol. The number of carbonyl (C=O) groups is 1. The lowest BCUT2D eigenvalue weighted by Crippen LogP contribution is -2.15. The number of hydrogen-bond donors (Lipinski definition) is 2. The number of carboxylic acid groups (broad SMARTS) is 1. The van der Waals surface area contributed by atoms with E-state index in [1.54, 1.807) is 31.2 Å². The number of halogens is 3. The summed E-state index contributed by atoms with van der Waals surface area (Å²) < 4.78 is 46.7. The van der Waals surface area contributed by atoms with Crippen molar-refractivity contribution in [3.63, 3.8) is 0 Å². The maximum atomic E-state index is 13.6. The number of nitrogens with zero attached hydrogens (tertiary/aromatic N) is 1. The molecule has 0 aliphatic rings. The van der Waals surface area contributed by atoms with Crippen LogP contribution in [-0.2, 0) is 6.18 Å². The lowest BCUT2D eigenvalue weighted by molar-refractivity contribution is -0.137. The van der Waals surface area contributed by atoms with Crippen molar-refractivity contribution < 1.29 is 27.5 Å². The molecule has 6 nitrogen and oxygen atoms in total. The van der Waals surface area contributed by atoms with Crippen molar-refractivity contribution in [1.82, 2.24) is 4.98 Å². The SMILES string of the molecule is C[C@@H](Nc1ccccc1C(=O)O)c1cc(C(F)(F)F)cc2c(=O)cc(-c3ccccn3)oc12. The van der Waals surface area contributed by atoms with Gasteiger partial charge in [0.1, 0.15) is 11.3 Å². The number of carboxylic acids is 1. The second kappa shape index (κ2) is 8.42. The smallest absolute Gasteiger partial charge is 0.416 e. The number of hydrogen-bond acceptors (Lipinski definition) is 5. The molecule has 0 bridgehead atoms. The molecule has 1 atom stereocenters. The quantitative estimate of drug-likeness (QED) is 0.399. The van der Waals surface area contributed by atoms with Gasteiger partial charge in [-0.15, -0.1) is 0 Å². The van der Waals surface area contributed by atoms with Crippen molar-refractivity contribution >= 4 is 22.6 Å². The van der Waals surface area contributed by atoms with E-state index in [0.29, 0.717) is 5.69 Å². The van der Waals surface area contributed by atoms with Crippen LogP contribution in [0.15, 0.2) is 76.1 Å². The summed E-state index contributed by atoms with van der Waals surface area (Å²) in [5, 5.41) is 12.1. The summed E-state index contributed by atoms with van der Waals surface area (Å²) in [6.07, 6.45) is -3.20. The van der Waals surface area contributed by atoms with Crippen molar-refractivity contribution in [3.8, 4) is 11.5 Å². The van der Waals surface area contributed by atoms with Gasteiger partial charge in [0, 0.05) is 23.5 Å². The third kappa shape index (κ3) is 4.43. The minimum Gasteiger partial charge on any atom is -0.478 e. The molecule has 4 rings (SSSR count). The lowest BCUT2D eigenvalue weighted by atomic mass is 9.99. The van der Waals surface area contributed by atoms with Gasteiger partial charge in [-0.3, -0.25) is 9.78 Å². The van der Waals surface area contributed by atoms with E-state index in [0.717, 1.165) is 18.2 Å². The summed E-state index contributed by atoms with van der Waals surface area (Å²) in [7, 11) is 0. The van der Waals surface area contributed by atoms with Crippen LogP contribution in [0.2, 0.25) is 0 Å². The van der Waals surface area contributed by atoms with Gasteiger partial charge in [-0.1, -0.05) is 18.2 Å². The topological polar surface area (TPSA) is 92.4 Å². The number of benzene rings is 2. The van der Waals surface area contributed by atoms with Gasteiger partial charge in [0.15, 0.2) is 11.2 Å². The zero-order chi connectivity index (χ0) is 23.8. The van der Waals surface area contributed by atoms with E-state index in [1.807, 2.05) is 0 Å². The van der Waals surface area contributed by atoms with Gasteiger partial charge in [0.2, 0.25) is 0 Å². The maximum absolute atomic E-state index is 13.6. The summed E-state index contributed by atoms with van der Waals surface area (Å²) in [6.45, 7) is 1.56. The molecule has 2 N–H and O–H groups in total. The van der Waals surface area contributed by atoms with E-state index in [2.05, 4.69) is 10.3 Å². The fourth-order valence-electron chi connectivity index (χ4n) is 3.51. The molecule has 4 aromatic rings. The van der Waals surface area contributed by atoms with Crippen LogP contribution in [0, 0.1) is 0 Å². The van der Waals surface area contributed by atoms with Crippen LogP contribution in [0.5, 0.6) is 0 Å². The molecule has 0 saturated heterocycles. The van der Waals surface area contributed by atoms with E-state index >= 15 is 0 Å². The Balaban J connectivity index is 1.92. The van der Waals surface area contributed by atoms with Crippen molar-refractivity contribution in [2.24, 2.45) is 0 Å². The van der Waals surface area contributed by atoms with E-state index in [1.165, 1.54) is 24.4 Å². The number of fused-ring (bicyclic) bond motifs is 1. The first-order chi connectivity index (χ1) is 15.6. The van der Waals surface area contributed by atoms with E-state index < -0.39 is 29.2 Å². The zero-order valence-electron chi connectivity index (χ0n) is 17.2. The summed E-state index contributed by atoms with van der Waals surface area (Å²) in [4.78, 5) is 28.4. The van der Waals surface area contributed by atoms with Gasteiger partial charge in [-0.05, 0) is 43.3 Å². The second-order valence-electron chi connectivity index (χ2n) is 7.35. The molecule has 0 spiro atoms. The van der Waals surface area contributed by atoms with Gasteiger partial charge in [0.25, 0.3) is 0 Å². The fraction of sp³-hybridized carbons (Fsp3) is 0.125. The predicted octanol–water partition coefficient (Wildman–Crippen LogP) is 5.75. The van der Waals surface area contributed by atoms with Crippen molar-refractivity contribution in [2.45, 2.75) is 19.1 Å². The highest BCUT2D eigenvalue weighted by molar-refractivity contribution is 5.94. The number of rotatable bonds is 5. The molecule has 2 heterocycles. The Labute approximate surface area is 185 Å².